The molecule has 0 unspecified atom stereocenters. The molecule has 1 rings (SSSR count). The first kappa shape index (κ1) is 15.1. The Labute approximate surface area is 109 Å². The van der Waals surface area contributed by atoms with Crippen molar-refractivity contribution >= 4 is 11.9 Å². The van der Waals surface area contributed by atoms with E-state index in [1.807, 2.05) is 0 Å². The molecular weight excluding hydrogens is 256 g/mol. The lowest BCUT2D eigenvalue weighted by Gasteiger charge is -2.05. The van der Waals surface area contributed by atoms with Crippen LogP contribution in [0, 0.1) is 0 Å². The van der Waals surface area contributed by atoms with E-state index in [-0.39, 0.29) is 18.1 Å². The van der Waals surface area contributed by atoms with Crippen LogP contribution >= 0.6 is 0 Å². The van der Waals surface area contributed by atoms with Gasteiger partial charge in [-0.1, -0.05) is 5.21 Å². The summed E-state index contributed by atoms with van der Waals surface area (Å²) in [7, 11) is 1.58. The van der Waals surface area contributed by atoms with E-state index in [0.29, 0.717) is 26.4 Å². The molecule has 0 radical (unpaired) electrons. The molecule has 0 aromatic carbocycles. The van der Waals surface area contributed by atoms with Gasteiger partial charge in [-0.2, -0.15) is 0 Å². The lowest BCUT2D eigenvalue weighted by atomic mass is 10.5. The number of carboxylic acids is 1. The molecular formula is C10H16N4O5. The molecule has 0 atom stereocenters. The zero-order valence-corrected chi connectivity index (χ0v) is 10.5. The topological polar surface area (TPSA) is 116 Å². The van der Waals surface area contributed by atoms with Gasteiger partial charge in [0, 0.05) is 13.7 Å². The first-order valence-electron chi connectivity index (χ1n) is 5.60. The lowest BCUT2D eigenvalue weighted by molar-refractivity contribution is -0.122. The molecule has 106 valence electrons. The molecule has 0 saturated carbocycles. The van der Waals surface area contributed by atoms with Crippen molar-refractivity contribution < 1.29 is 24.2 Å². The van der Waals surface area contributed by atoms with Crippen molar-refractivity contribution in [2.24, 2.45) is 0 Å². The van der Waals surface area contributed by atoms with Crippen LogP contribution in [0.25, 0.3) is 0 Å². The molecule has 9 nitrogen and oxygen atoms in total. The number of aromatic carboxylic acids is 1. The van der Waals surface area contributed by atoms with E-state index in [4.69, 9.17) is 14.6 Å². The molecule has 2 N–H and O–H groups in total. The number of nitrogens with zero attached hydrogens (tertiary/aromatic N) is 3. The van der Waals surface area contributed by atoms with Gasteiger partial charge in [-0.3, -0.25) is 4.79 Å². The van der Waals surface area contributed by atoms with Crippen molar-refractivity contribution in [2.45, 2.75) is 6.54 Å². The molecule has 0 aliphatic heterocycles. The van der Waals surface area contributed by atoms with Crippen molar-refractivity contribution in [1.29, 1.82) is 0 Å². The van der Waals surface area contributed by atoms with Crippen molar-refractivity contribution in [1.82, 2.24) is 20.3 Å². The molecule has 0 bridgehead atoms. The van der Waals surface area contributed by atoms with Crippen LogP contribution in [0.15, 0.2) is 6.20 Å². The average molecular weight is 272 g/mol. The number of methoxy groups -OCH3 is 1. The predicted molar refractivity (Wildman–Crippen MR) is 62.7 cm³/mol. The minimum absolute atomic E-state index is 0.0850. The minimum atomic E-state index is -1.18. The summed E-state index contributed by atoms with van der Waals surface area (Å²) in [6, 6.07) is 0. The summed E-state index contributed by atoms with van der Waals surface area (Å²) in [6.45, 7) is 1.64. The summed E-state index contributed by atoms with van der Waals surface area (Å²) in [6.07, 6.45) is 1.19. The Morgan fingerprint density at radius 2 is 2.21 bits per heavy atom. The van der Waals surface area contributed by atoms with Crippen LogP contribution in [-0.4, -0.2) is 65.5 Å². The highest BCUT2D eigenvalue weighted by Gasteiger charge is 2.10. The third kappa shape index (κ3) is 5.93. The average Bonchev–Trinajstić information content (AvgIpc) is 2.82. The highest BCUT2D eigenvalue weighted by atomic mass is 16.5. The molecule has 19 heavy (non-hydrogen) atoms. The first-order chi connectivity index (χ1) is 9.13. The van der Waals surface area contributed by atoms with Crippen LogP contribution < -0.4 is 5.32 Å². The second kappa shape index (κ2) is 8.16. The van der Waals surface area contributed by atoms with Gasteiger partial charge >= 0.3 is 5.97 Å². The van der Waals surface area contributed by atoms with Gasteiger partial charge in [0.15, 0.2) is 5.69 Å². The number of carbonyl (C=O) groups is 2. The van der Waals surface area contributed by atoms with E-state index in [1.165, 1.54) is 6.20 Å². The van der Waals surface area contributed by atoms with Crippen molar-refractivity contribution in [3.05, 3.63) is 11.9 Å². The minimum Gasteiger partial charge on any atom is -0.476 e. The number of carbonyl (C=O) groups excluding carboxylic acids is 1. The Bertz CT molecular complexity index is 420. The number of carboxylic acid groups (broad SMARTS) is 1. The Morgan fingerprint density at radius 3 is 2.84 bits per heavy atom. The van der Waals surface area contributed by atoms with E-state index in [0.717, 1.165) is 4.68 Å². The number of hydrogen-bond donors (Lipinski definition) is 2. The largest absolute Gasteiger partial charge is 0.476 e. The first-order valence-corrected chi connectivity index (χ1v) is 5.60. The number of aromatic nitrogens is 3. The molecule has 0 saturated heterocycles. The van der Waals surface area contributed by atoms with Crippen LogP contribution in [-0.2, 0) is 20.8 Å². The van der Waals surface area contributed by atoms with Crippen molar-refractivity contribution in [3.8, 4) is 0 Å². The van der Waals surface area contributed by atoms with Gasteiger partial charge in [0.25, 0.3) is 0 Å². The molecule has 1 aromatic heterocycles. The van der Waals surface area contributed by atoms with Gasteiger partial charge in [-0.15, -0.1) is 5.10 Å². The van der Waals surface area contributed by atoms with Crippen LogP contribution in [0.2, 0.25) is 0 Å². The highest BCUT2D eigenvalue weighted by molar-refractivity contribution is 5.84. The molecule has 0 fully saturated rings. The van der Waals surface area contributed by atoms with E-state index in [9.17, 15) is 9.59 Å². The number of hydrogen-bond acceptors (Lipinski definition) is 6. The van der Waals surface area contributed by atoms with Gasteiger partial charge in [0.05, 0.1) is 26.0 Å². The molecule has 0 aliphatic carbocycles. The molecule has 1 aromatic rings. The van der Waals surface area contributed by atoms with E-state index < -0.39 is 5.97 Å². The SMILES string of the molecule is COCCOCCNC(=O)Cn1cc(C(=O)O)nn1. The van der Waals surface area contributed by atoms with E-state index in [1.54, 1.807) is 7.11 Å². The standard InChI is InChI=1S/C10H16N4O5/c1-18-4-5-19-3-2-11-9(15)7-14-6-8(10(16)17)12-13-14/h6H,2-5,7H2,1H3,(H,11,15)(H,16,17). The zero-order chi connectivity index (χ0) is 14.1. The third-order valence-corrected chi connectivity index (χ3v) is 2.06. The fourth-order valence-corrected chi connectivity index (χ4v) is 1.18. The van der Waals surface area contributed by atoms with Gasteiger partial charge in [-0.25, -0.2) is 9.48 Å². The van der Waals surface area contributed by atoms with Crippen LogP contribution in [0.3, 0.4) is 0 Å². The maximum atomic E-state index is 11.5. The van der Waals surface area contributed by atoms with Crippen molar-refractivity contribution in [2.75, 3.05) is 33.5 Å². The summed E-state index contributed by atoms with van der Waals surface area (Å²) in [5.41, 5.74) is -0.198. The predicted octanol–water partition coefficient (Wildman–Crippen LogP) is -1.24. The summed E-state index contributed by atoms with van der Waals surface area (Å²) in [4.78, 5) is 22.0. The molecule has 9 heteroatoms. The number of rotatable bonds is 9. The number of ether oxygens (including phenoxy) is 2. The fourth-order valence-electron chi connectivity index (χ4n) is 1.18. The monoisotopic (exact) mass is 272 g/mol. The maximum absolute atomic E-state index is 11.5. The Hall–Kier alpha value is -2.00. The normalized spacial score (nSPS) is 10.4. The highest BCUT2D eigenvalue weighted by Crippen LogP contribution is 1.92. The zero-order valence-electron chi connectivity index (χ0n) is 10.5. The van der Waals surface area contributed by atoms with Crippen LogP contribution in [0.5, 0.6) is 0 Å². The van der Waals surface area contributed by atoms with Gasteiger partial charge in [0.2, 0.25) is 5.91 Å². The Balaban J connectivity index is 2.18. The Morgan fingerprint density at radius 1 is 1.42 bits per heavy atom. The molecule has 1 heterocycles. The second-order valence-electron chi connectivity index (χ2n) is 3.56. The summed E-state index contributed by atoms with van der Waals surface area (Å²) in [5, 5.41) is 18.2. The second-order valence-corrected chi connectivity index (χ2v) is 3.56. The van der Waals surface area contributed by atoms with Crippen LogP contribution in [0.1, 0.15) is 10.5 Å². The quantitative estimate of drug-likeness (QED) is 0.540. The summed E-state index contributed by atoms with van der Waals surface area (Å²) >= 11 is 0. The molecule has 1 amide bonds. The van der Waals surface area contributed by atoms with Crippen LogP contribution in [0.4, 0.5) is 0 Å². The van der Waals surface area contributed by atoms with Gasteiger partial charge in [0.1, 0.15) is 6.54 Å². The maximum Gasteiger partial charge on any atom is 0.358 e. The number of nitrogens with one attached hydrogen (secondary N) is 1. The van der Waals surface area contributed by atoms with E-state index >= 15 is 0 Å². The lowest BCUT2D eigenvalue weighted by Crippen LogP contribution is -2.31. The van der Waals surface area contributed by atoms with Gasteiger partial charge in [-0.05, 0) is 0 Å². The fraction of sp³-hybridized carbons (Fsp3) is 0.600. The smallest absolute Gasteiger partial charge is 0.358 e. The van der Waals surface area contributed by atoms with E-state index in [2.05, 4.69) is 15.6 Å². The third-order valence-electron chi connectivity index (χ3n) is 2.06. The summed E-state index contributed by atoms with van der Waals surface area (Å²) < 4.78 is 11.1. The summed E-state index contributed by atoms with van der Waals surface area (Å²) in [5.74, 6) is -1.48. The Kier molecular flexibility index (Phi) is 6.47. The molecule has 0 aliphatic rings. The number of amides is 1. The van der Waals surface area contributed by atoms with Gasteiger partial charge < -0.3 is 19.9 Å². The van der Waals surface area contributed by atoms with Crippen molar-refractivity contribution in [3.63, 3.8) is 0 Å². The molecule has 0 spiro atoms.